The van der Waals surface area contributed by atoms with E-state index in [-0.39, 0.29) is 11.9 Å². The van der Waals surface area contributed by atoms with E-state index in [9.17, 15) is 4.79 Å². The molecule has 0 unspecified atom stereocenters. The molecule has 1 N–H and O–H groups in total. The minimum absolute atomic E-state index is 0.0393. The van der Waals surface area contributed by atoms with E-state index in [0.29, 0.717) is 6.54 Å². The van der Waals surface area contributed by atoms with Gasteiger partial charge in [0.2, 0.25) is 0 Å². The maximum Gasteiger partial charge on any atom is 0.261 e. The van der Waals surface area contributed by atoms with Gasteiger partial charge >= 0.3 is 0 Å². The Morgan fingerprint density at radius 3 is 2.41 bits per heavy atom. The number of hydrogen-bond acceptors (Lipinski definition) is 4. The third-order valence-electron chi connectivity index (χ3n) is 4.51. The summed E-state index contributed by atoms with van der Waals surface area (Å²) in [6, 6.07) is 20.1. The van der Waals surface area contributed by atoms with Crippen LogP contribution < -0.4 is 10.1 Å². The summed E-state index contributed by atoms with van der Waals surface area (Å²) in [6.07, 6.45) is 0. The second-order valence-corrected chi connectivity index (χ2v) is 7.44. The molecule has 1 heterocycles. The summed E-state index contributed by atoms with van der Waals surface area (Å²) in [7, 11) is 5.68. The lowest BCUT2D eigenvalue weighted by molar-refractivity contribution is 0.0946. The number of nitrogens with one attached hydrogen (secondary N) is 1. The molecule has 0 radical (unpaired) electrons. The molecule has 3 rings (SSSR count). The largest absolute Gasteiger partial charge is 0.497 e. The first-order valence-corrected chi connectivity index (χ1v) is 9.69. The van der Waals surface area contributed by atoms with Crippen LogP contribution in [0.3, 0.4) is 0 Å². The summed E-state index contributed by atoms with van der Waals surface area (Å²) in [5, 5.41) is 5.10. The van der Waals surface area contributed by atoms with Crippen molar-refractivity contribution in [3.63, 3.8) is 0 Å². The molecule has 1 atom stereocenters. The number of likely N-dealkylation sites (N-methyl/N-ethyl adjacent to an activating group) is 1. The fourth-order valence-electron chi connectivity index (χ4n) is 2.94. The molecule has 0 aliphatic rings. The highest BCUT2D eigenvalue weighted by Gasteiger charge is 2.17. The van der Waals surface area contributed by atoms with Gasteiger partial charge in [-0.1, -0.05) is 42.5 Å². The molecule has 0 bridgehead atoms. The number of ether oxygens (including phenoxy) is 1. The van der Waals surface area contributed by atoms with Gasteiger partial charge in [0, 0.05) is 6.54 Å². The zero-order valence-electron chi connectivity index (χ0n) is 15.8. The first-order chi connectivity index (χ1) is 13.1. The van der Waals surface area contributed by atoms with Gasteiger partial charge in [-0.3, -0.25) is 4.79 Å². The van der Waals surface area contributed by atoms with Gasteiger partial charge < -0.3 is 15.0 Å². The van der Waals surface area contributed by atoms with E-state index in [2.05, 4.69) is 22.3 Å². The fraction of sp³-hybridized carbons (Fsp3) is 0.227. The van der Waals surface area contributed by atoms with Crippen molar-refractivity contribution < 1.29 is 9.53 Å². The quantitative estimate of drug-likeness (QED) is 0.658. The van der Waals surface area contributed by atoms with Crippen LogP contribution in [-0.2, 0) is 0 Å². The Balaban J connectivity index is 1.66. The van der Waals surface area contributed by atoms with E-state index in [1.807, 2.05) is 68.0 Å². The summed E-state index contributed by atoms with van der Waals surface area (Å²) >= 11 is 1.47. The number of benzene rings is 2. The zero-order valence-corrected chi connectivity index (χ0v) is 16.6. The molecular weight excluding hydrogens is 356 g/mol. The molecule has 0 aliphatic heterocycles. The third-order valence-corrected chi connectivity index (χ3v) is 5.44. The third kappa shape index (κ3) is 4.76. The van der Waals surface area contributed by atoms with Crippen LogP contribution >= 0.6 is 11.3 Å². The number of thiophene rings is 1. The minimum atomic E-state index is -0.0393. The number of carbonyl (C=O) groups is 1. The highest BCUT2D eigenvalue weighted by atomic mass is 32.1. The molecule has 0 aliphatic carbocycles. The van der Waals surface area contributed by atoms with Gasteiger partial charge in [-0.15, -0.1) is 11.3 Å². The SMILES string of the molecule is COc1ccc([C@H](CNC(=O)c2cc(-c3ccccc3)cs2)N(C)C)cc1. The predicted octanol–water partition coefficient (Wildman–Crippen LogP) is 4.46. The predicted molar refractivity (Wildman–Crippen MR) is 112 cm³/mol. The van der Waals surface area contributed by atoms with Crippen LogP contribution in [0.4, 0.5) is 0 Å². The Bertz CT molecular complexity index is 873. The molecule has 0 spiro atoms. The first-order valence-electron chi connectivity index (χ1n) is 8.81. The highest BCUT2D eigenvalue weighted by Crippen LogP contribution is 2.26. The van der Waals surface area contributed by atoms with Gasteiger partial charge in [0.15, 0.2) is 0 Å². The Morgan fingerprint density at radius 2 is 1.78 bits per heavy atom. The molecule has 1 aromatic heterocycles. The molecule has 4 nitrogen and oxygen atoms in total. The van der Waals surface area contributed by atoms with Gasteiger partial charge in [-0.05, 0) is 54.4 Å². The molecule has 0 fully saturated rings. The molecule has 140 valence electrons. The number of carbonyl (C=O) groups excluding carboxylic acids is 1. The van der Waals surface area contributed by atoms with Crippen molar-refractivity contribution in [1.82, 2.24) is 10.2 Å². The van der Waals surface area contributed by atoms with E-state index >= 15 is 0 Å². The lowest BCUT2D eigenvalue weighted by atomic mass is 10.1. The molecule has 0 saturated heterocycles. The lowest BCUT2D eigenvalue weighted by Crippen LogP contribution is -2.34. The van der Waals surface area contributed by atoms with Crippen LogP contribution in [0.1, 0.15) is 21.3 Å². The molecule has 1 amide bonds. The molecular formula is C22H24N2O2S. The number of methoxy groups -OCH3 is 1. The van der Waals surface area contributed by atoms with Crippen molar-refractivity contribution in [3.05, 3.63) is 76.5 Å². The van der Waals surface area contributed by atoms with Crippen molar-refractivity contribution in [2.45, 2.75) is 6.04 Å². The van der Waals surface area contributed by atoms with Gasteiger partial charge in [0.05, 0.1) is 18.0 Å². The monoisotopic (exact) mass is 380 g/mol. The van der Waals surface area contributed by atoms with Crippen molar-refractivity contribution in [2.75, 3.05) is 27.7 Å². The smallest absolute Gasteiger partial charge is 0.261 e. The summed E-state index contributed by atoms with van der Waals surface area (Å²) in [6.45, 7) is 0.538. The van der Waals surface area contributed by atoms with Gasteiger partial charge in [-0.25, -0.2) is 0 Å². The van der Waals surface area contributed by atoms with E-state index in [1.165, 1.54) is 11.3 Å². The van der Waals surface area contributed by atoms with Crippen molar-refractivity contribution in [2.24, 2.45) is 0 Å². The molecule has 5 heteroatoms. The Labute approximate surface area is 164 Å². The van der Waals surface area contributed by atoms with E-state index in [1.54, 1.807) is 7.11 Å². The average Bonchev–Trinajstić information content (AvgIpc) is 3.19. The average molecular weight is 381 g/mol. The van der Waals surface area contributed by atoms with Crippen LogP contribution in [-0.4, -0.2) is 38.6 Å². The summed E-state index contributed by atoms with van der Waals surface area (Å²) in [4.78, 5) is 15.4. The summed E-state index contributed by atoms with van der Waals surface area (Å²) in [5.74, 6) is 0.787. The van der Waals surface area contributed by atoms with Crippen molar-refractivity contribution >= 4 is 17.2 Å². The first kappa shape index (κ1) is 19.1. The molecule has 2 aromatic carbocycles. The van der Waals surface area contributed by atoms with E-state index < -0.39 is 0 Å². The fourth-order valence-corrected chi connectivity index (χ4v) is 3.77. The Kier molecular flexibility index (Phi) is 6.27. The van der Waals surface area contributed by atoms with E-state index in [4.69, 9.17) is 4.74 Å². The maximum atomic E-state index is 12.6. The van der Waals surface area contributed by atoms with E-state index in [0.717, 1.165) is 27.3 Å². The highest BCUT2D eigenvalue weighted by molar-refractivity contribution is 7.12. The van der Waals surface area contributed by atoms with Crippen molar-refractivity contribution in [1.29, 1.82) is 0 Å². The zero-order chi connectivity index (χ0) is 19.2. The number of amides is 1. The number of hydrogen-bond donors (Lipinski definition) is 1. The van der Waals surface area contributed by atoms with Crippen LogP contribution in [0.15, 0.2) is 66.0 Å². The normalized spacial score (nSPS) is 12.0. The van der Waals surface area contributed by atoms with Crippen LogP contribution in [0.5, 0.6) is 5.75 Å². The van der Waals surface area contributed by atoms with Crippen LogP contribution in [0.2, 0.25) is 0 Å². The molecule has 0 saturated carbocycles. The lowest BCUT2D eigenvalue weighted by Gasteiger charge is -2.25. The van der Waals surface area contributed by atoms with Crippen LogP contribution in [0.25, 0.3) is 11.1 Å². The molecule has 3 aromatic rings. The second-order valence-electron chi connectivity index (χ2n) is 6.53. The minimum Gasteiger partial charge on any atom is -0.497 e. The maximum absolute atomic E-state index is 12.6. The van der Waals surface area contributed by atoms with Crippen molar-refractivity contribution in [3.8, 4) is 16.9 Å². The van der Waals surface area contributed by atoms with Crippen LogP contribution in [0, 0.1) is 0 Å². The summed E-state index contributed by atoms with van der Waals surface area (Å²) in [5.41, 5.74) is 3.33. The van der Waals surface area contributed by atoms with Gasteiger partial charge in [0.25, 0.3) is 5.91 Å². The number of rotatable bonds is 7. The number of nitrogens with zero attached hydrogens (tertiary/aromatic N) is 1. The summed E-state index contributed by atoms with van der Waals surface area (Å²) < 4.78 is 5.22. The molecule has 27 heavy (non-hydrogen) atoms. The Hall–Kier alpha value is -2.63. The topological polar surface area (TPSA) is 41.6 Å². The van der Waals surface area contributed by atoms with Gasteiger partial charge in [-0.2, -0.15) is 0 Å². The van der Waals surface area contributed by atoms with Gasteiger partial charge in [0.1, 0.15) is 5.75 Å². The second kappa shape index (κ2) is 8.84. The Morgan fingerprint density at radius 1 is 1.07 bits per heavy atom. The standard InChI is InChI=1S/C22H24N2O2S/c1-24(2)20(17-9-11-19(26-3)12-10-17)14-23-22(25)21-13-18(15-27-21)16-7-5-4-6-8-16/h4-13,15,20H,14H2,1-3H3,(H,23,25)/t20-/m0/s1.